The predicted molar refractivity (Wildman–Crippen MR) is 66.3 cm³/mol. The molecule has 2 aromatic rings. The van der Waals surface area contributed by atoms with Crippen molar-refractivity contribution in [3.63, 3.8) is 0 Å². The van der Waals surface area contributed by atoms with Gasteiger partial charge >= 0.3 is 0 Å². The van der Waals surface area contributed by atoms with Crippen LogP contribution in [0.15, 0.2) is 18.2 Å². The Balaban J connectivity index is 2.64. The van der Waals surface area contributed by atoms with Crippen LogP contribution in [0.25, 0.3) is 11.3 Å². The van der Waals surface area contributed by atoms with Gasteiger partial charge in [0, 0.05) is 11.1 Å². The van der Waals surface area contributed by atoms with E-state index in [9.17, 15) is 4.39 Å². The first kappa shape index (κ1) is 11.8. The van der Waals surface area contributed by atoms with E-state index in [2.05, 4.69) is 9.97 Å². The average Bonchev–Trinajstić information content (AvgIpc) is 2.27. The Hall–Kier alpha value is -1.68. The third-order valence-corrected chi connectivity index (χ3v) is 2.78. The lowest BCUT2D eigenvalue weighted by molar-refractivity contribution is 0.628. The average molecular weight is 252 g/mol. The molecule has 0 aliphatic rings. The van der Waals surface area contributed by atoms with Crippen LogP contribution in [-0.2, 0) is 0 Å². The molecule has 0 radical (unpaired) electrons. The summed E-state index contributed by atoms with van der Waals surface area (Å²) in [6.07, 6.45) is 0. The number of rotatable bonds is 1. The maximum Gasteiger partial charge on any atom is 0.141 e. The summed E-state index contributed by atoms with van der Waals surface area (Å²) in [4.78, 5) is 8.36. The van der Waals surface area contributed by atoms with Gasteiger partial charge in [0.2, 0.25) is 0 Å². The van der Waals surface area contributed by atoms with Crippen molar-refractivity contribution < 1.29 is 4.39 Å². The number of aromatic nitrogens is 2. The second-order valence-corrected chi connectivity index (χ2v) is 4.17. The molecule has 0 fully saturated rings. The van der Waals surface area contributed by atoms with E-state index < -0.39 is 5.82 Å². The number of hydrogen-bond donors (Lipinski definition) is 1. The summed E-state index contributed by atoms with van der Waals surface area (Å²) in [5.74, 6) is 0.545. The molecule has 88 valence electrons. The van der Waals surface area contributed by atoms with Crippen molar-refractivity contribution in [3.05, 3.63) is 40.4 Å². The van der Waals surface area contributed by atoms with Crippen molar-refractivity contribution in [2.24, 2.45) is 0 Å². The van der Waals surface area contributed by atoms with E-state index in [4.69, 9.17) is 17.3 Å². The molecule has 0 saturated carbocycles. The number of aryl methyl sites for hydroxylation is 1. The molecule has 1 aromatic carbocycles. The van der Waals surface area contributed by atoms with E-state index >= 15 is 0 Å². The van der Waals surface area contributed by atoms with Gasteiger partial charge in [0.15, 0.2) is 0 Å². The zero-order valence-electron chi connectivity index (χ0n) is 9.46. The molecule has 0 aliphatic carbocycles. The number of nitrogens with two attached hydrogens (primary N) is 1. The zero-order valence-corrected chi connectivity index (χ0v) is 10.2. The molecular weight excluding hydrogens is 241 g/mol. The molecule has 0 spiro atoms. The molecule has 3 nitrogen and oxygen atoms in total. The number of hydrogen-bond acceptors (Lipinski definition) is 3. The van der Waals surface area contributed by atoms with Crippen LogP contribution in [0, 0.1) is 19.7 Å². The topological polar surface area (TPSA) is 51.8 Å². The lowest BCUT2D eigenvalue weighted by atomic mass is 10.1. The maximum absolute atomic E-state index is 13.1. The number of nitrogen functional groups attached to an aromatic ring is 1. The minimum absolute atomic E-state index is 0.0664. The second kappa shape index (κ2) is 4.30. The maximum atomic E-state index is 13.1. The molecule has 2 rings (SSSR count). The molecule has 1 heterocycles. The van der Waals surface area contributed by atoms with E-state index in [0.717, 1.165) is 11.1 Å². The van der Waals surface area contributed by atoms with Crippen LogP contribution < -0.4 is 5.73 Å². The molecule has 2 N–H and O–H groups in total. The lowest BCUT2D eigenvalue weighted by Crippen LogP contribution is -2.02. The fourth-order valence-electron chi connectivity index (χ4n) is 1.57. The van der Waals surface area contributed by atoms with Crippen molar-refractivity contribution >= 4 is 17.4 Å². The predicted octanol–water partition coefficient (Wildman–Crippen LogP) is 3.14. The van der Waals surface area contributed by atoms with Crippen LogP contribution in [0.3, 0.4) is 0 Å². The molecule has 1 aromatic heterocycles. The van der Waals surface area contributed by atoms with Gasteiger partial charge in [-0.3, -0.25) is 0 Å². The highest BCUT2D eigenvalue weighted by Gasteiger charge is 2.10. The summed E-state index contributed by atoms with van der Waals surface area (Å²) in [5.41, 5.74) is 7.94. The van der Waals surface area contributed by atoms with Gasteiger partial charge in [-0.05, 0) is 32.0 Å². The SMILES string of the molecule is Cc1nc(N)c(C)c(-c2ccc(F)c(Cl)c2)n1. The molecule has 0 bridgehead atoms. The highest BCUT2D eigenvalue weighted by molar-refractivity contribution is 6.31. The quantitative estimate of drug-likeness (QED) is 0.847. The second-order valence-electron chi connectivity index (χ2n) is 3.76. The summed E-state index contributed by atoms with van der Waals surface area (Å²) in [6.45, 7) is 3.58. The van der Waals surface area contributed by atoms with Gasteiger partial charge in [-0.2, -0.15) is 0 Å². The fraction of sp³-hybridized carbons (Fsp3) is 0.167. The minimum atomic E-state index is -0.452. The molecule has 0 unspecified atom stereocenters. The largest absolute Gasteiger partial charge is 0.383 e. The third-order valence-electron chi connectivity index (χ3n) is 2.49. The van der Waals surface area contributed by atoms with E-state index in [-0.39, 0.29) is 5.02 Å². The molecule has 0 saturated heterocycles. The summed E-state index contributed by atoms with van der Waals surface area (Å²) >= 11 is 5.75. The van der Waals surface area contributed by atoms with Crippen molar-refractivity contribution in [1.29, 1.82) is 0 Å². The van der Waals surface area contributed by atoms with Gasteiger partial charge in [0.1, 0.15) is 17.5 Å². The molecule has 0 amide bonds. The van der Waals surface area contributed by atoms with Gasteiger partial charge in [-0.25, -0.2) is 14.4 Å². The van der Waals surface area contributed by atoms with Crippen LogP contribution >= 0.6 is 11.6 Å². The Morgan fingerprint density at radius 2 is 1.94 bits per heavy atom. The molecular formula is C12H11ClFN3. The van der Waals surface area contributed by atoms with Crippen molar-refractivity contribution in [1.82, 2.24) is 9.97 Å². The van der Waals surface area contributed by atoms with Gasteiger partial charge in [0.25, 0.3) is 0 Å². The molecule has 17 heavy (non-hydrogen) atoms. The Kier molecular flexibility index (Phi) is 2.98. The zero-order chi connectivity index (χ0) is 12.6. The Bertz CT molecular complexity index is 584. The van der Waals surface area contributed by atoms with Crippen LogP contribution in [0.2, 0.25) is 5.02 Å². The van der Waals surface area contributed by atoms with E-state index in [1.54, 1.807) is 13.0 Å². The summed E-state index contributed by atoms with van der Waals surface area (Å²) in [6, 6.07) is 4.46. The van der Waals surface area contributed by atoms with Crippen molar-refractivity contribution in [2.45, 2.75) is 13.8 Å². The number of benzene rings is 1. The normalized spacial score (nSPS) is 10.6. The summed E-state index contributed by atoms with van der Waals surface area (Å²) in [7, 11) is 0. The Labute approximate surface area is 103 Å². The standard InChI is InChI=1S/C12H11ClFN3/c1-6-11(16-7(2)17-12(6)15)8-3-4-10(14)9(13)5-8/h3-5H,1-2H3,(H2,15,16,17). The van der Waals surface area contributed by atoms with Crippen LogP contribution in [0.1, 0.15) is 11.4 Å². The van der Waals surface area contributed by atoms with Crippen molar-refractivity contribution in [2.75, 3.05) is 5.73 Å². The first-order valence-electron chi connectivity index (χ1n) is 5.05. The smallest absolute Gasteiger partial charge is 0.141 e. The van der Waals surface area contributed by atoms with E-state index in [0.29, 0.717) is 17.3 Å². The summed E-state index contributed by atoms with van der Waals surface area (Å²) < 4.78 is 13.1. The van der Waals surface area contributed by atoms with Crippen molar-refractivity contribution in [3.8, 4) is 11.3 Å². The van der Waals surface area contributed by atoms with Crippen LogP contribution in [0.5, 0.6) is 0 Å². The first-order valence-corrected chi connectivity index (χ1v) is 5.43. The first-order chi connectivity index (χ1) is 7.99. The minimum Gasteiger partial charge on any atom is -0.383 e. The van der Waals surface area contributed by atoms with Gasteiger partial charge in [-0.15, -0.1) is 0 Å². The van der Waals surface area contributed by atoms with Crippen LogP contribution in [0.4, 0.5) is 10.2 Å². The van der Waals surface area contributed by atoms with E-state index in [1.807, 2.05) is 6.92 Å². The van der Waals surface area contributed by atoms with Gasteiger partial charge in [-0.1, -0.05) is 11.6 Å². The molecule has 5 heteroatoms. The van der Waals surface area contributed by atoms with Gasteiger partial charge < -0.3 is 5.73 Å². The fourth-order valence-corrected chi connectivity index (χ4v) is 1.76. The number of anilines is 1. The molecule has 0 atom stereocenters. The monoisotopic (exact) mass is 251 g/mol. The van der Waals surface area contributed by atoms with E-state index in [1.165, 1.54) is 12.1 Å². The summed E-state index contributed by atoms with van der Waals surface area (Å²) in [5, 5.41) is 0.0664. The Morgan fingerprint density at radius 3 is 2.59 bits per heavy atom. The third kappa shape index (κ3) is 2.22. The van der Waals surface area contributed by atoms with Gasteiger partial charge in [0.05, 0.1) is 10.7 Å². The number of nitrogens with zero attached hydrogens (tertiary/aromatic N) is 2. The Morgan fingerprint density at radius 1 is 1.24 bits per heavy atom. The van der Waals surface area contributed by atoms with Crippen LogP contribution in [-0.4, -0.2) is 9.97 Å². The number of halogens is 2. The lowest BCUT2D eigenvalue weighted by Gasteiger charge is -2.09. The highest BCUT2D eigenvalue weighted by Crippen LogP contribution is 2.27. The molecule has 0 aliphatic heterocycles. The highest BCUT2D eigenvalue weighted by atomic mass is 35.5.